The maximum atomic E-state index is 12.0. The first kappa shape index (κ1) is 18.0. The fraction of sp³-hybridized carbons (Fsp3) is 0.474. The molecule has 0 unspecified atom stereocenters. The molecule has 0 bridgehead atoms. The highest BCUT2D eigenvalue weighted by Crippen LogP contribution is 2.24. The van der Waals surface area contributed by atoms with Gasteiger partial charge in [0, 0.05) is 18.2 Å². The molecule has 0 saturated carbocycles. The van der Waals surface area contributed by atoms with Crippen LogP contribution in [-0.2, 0) is 11.2 Å². The highest BCUT2D eigenvalue weighted by molar-refractivity contribution is 5.78. The average molecular weight is 330 g/mol. The van der Waals surface area contributed by atoms with Gasteiger partial charge in [-0.1, -0.05) is 38.1 Å². The summed E-state index contributed by atoms with van der Waals surface area (Å²) in [6, 6.07) is 9.34. The molecular formula is C19H26N2O3. The van der Waals surface area contributed by atoms with E-state index in [4.69, 9.17) is 9.26 Å². The summed E-state index contributed by atoms with van der Waals surface area (Å²) in [5.41, 5.74) is 1.79. The quantitative estimate of drug-likeness (QED) is 0.784. The van der Waals surface area contributed by atoms with Crippen molar-refractivity contribution in [1.29, 1.82) is 0 Å². The lowest BCUT2D eigenvalue weighted by atomic mass is 9.91. The van der Waals surface area contributed by atoms with Gasteiger partial charge in [-0.15, -0.1) is 0 Å². The number of aromatic nitrogens is 1. The smallest absolute Gasteiger partial charge is 0.226 e. The van der Waals surface area contributed by atoms with Gasteiger partial charge in [0.15, 0.2) is 5.76 Å². The molecule has 5 heteroatoms. The van der Waals surface area contributed by atoms with Crippen molar-refractivity contribution in [3.8, 4) is 17.1 Å². The van der Waals surface area contributed by atoms with E-state index in [-0.39, 0.29) is 12.3 Å². The first-order valence-corrected chi connectivity index (χ1v) is 8.24. The molecule has 0 fully saturated rings. The second-order valence-electron chi connectivity index (χ2n) is 7.11. The van der Waals surface area contributed by atoms with Crippen molar-refractivity contribution in [3.63, 3.8) is 0 Å². The third-order valence-corrected chi connectivity index (χ3v) is 3.68. The van der Waals surface area contributed by atoms with E-state index in [1.807, 2.05) is 24.3 Å². The van der Waals surface area contributed by atoms with Gasteiger partial charge < -0.3 is 14.6 Å². The molecule has 1 aromatic heterocycles. The van der Waals surface area contributed by atoms with Crippen LogP contribution >= 0.6 is 0 Å². The van der Waals surface area contributed by atoms with Crippen LogP contribution < -0.4 is 10.1 Å². The molecule has 0 atom stereocenters. The van der Waals surface area contributed by atoms with Crippen LogP contribution in [-0.4, -0.2) is 24.7 Å². The second kappa shape index (κ2) is 7.99. The summed E-state index contributed by atoms with van der Waals surface area (Å²) < 4.78 is 10.5. The number of carbonyl (C=O) groups excluding carboxylic acids is 1. The Labute approximate surface area is 143 Å². The molecule has 1 heterocycles. The maximum Gasteiger partial charge on any atom is 0.226 e. The summed E-state index contributed by atoms with van der Waals surface area (Å²) in [5.74, 6) is 1.35. The molecule has 0 spiro atoms. The van der Waals surface area contributed by atoms with Crippen molar-refractivity contribution in [1.82, 2.24) is 10.5 Å². The summed E-state index contributed by atoms with van der Waals surface area (Å²) in [6.45, 7) is 7.29. The molecule has 0 saturated heterocycles. The van der Waals surface area contributed by atoms with Gasteiger partial charge in [-0.3, -0.25) is 4.79 Å². The Morgan fingerprint density at radius 2 is 2.08 bits per heavy atom. The van der Waals surface area contributed by atoms with Crippen LogP contribution in [0.3, 0.4) is 0 Å². The number of rotatable bonds is 7. The van der Waals surface area contributed by atoms with Crippen LogP contribution in [0.15, 0.2) is 34.9 Å². The van der Waals surface area contributed by atoms with Crippen molar-refractivity contribution < 1.29 is 14.1 Å². The van der Waals surface area contributed by atoms with Crippen LogP contribution in [0.25, 0.3) is 11.3 Å². The topological polar surface area (TPSA) is 64.4 Å². The van der Waals surface area contributed by atoms with Crippen LogP contribution in [0.5, 0.6) is 5.75 Å². The molecular weight excluding hydrogens is 304 g/mol. The molecule has 0 aliphatic carbocycles. The zero-order valence-corrected chi connectivity index (χ0v) is 14.9. The standard InChI is InChI=1S/C19H26N2O3/c1-19(2,3)9-6-10-20-18(22)13-15-12-17(24-21-15)14-7-5-8-16(11-14)23-4/h5,7-8,11-12H,6,9-10,13H2,1-4H3,(H,20,22). The van der Waals surface area contributed by atoms with Gasteiger partial charge in [0.2, 0.25) is 5.91 Å². The Morgan fingerprint density at radius 1 is 1.29 bits per heavy atom. The number of hydrogen-bond acceptors (Lipinski definition) is 4. The Kier molecular flexibility index (Phi) is 6.01. The fourth-order valence-corrected chi connectivity index (χ4v) is 2.38. The normalized spacial score (nSPS) is 11.3. The largest absolute Gasteiger partial charge is 0.497 e. The number of nitrogens with zero attached hydrogens (tertiary/aromatic N) is 1. The van der Waals surface area contributed by atoms with Crippen LogP contribution in [0.2, 0.25) is 0 Å². The zero-order chi connectivity index (χ0) is 17.6. The molecule has 130 valence electrons. The molecule has 1 aromatic carbocycles. The van der Waals surface area contributed by atoms with E-state index >= 15 is 0 Å². The van der Waals surface area contributed by atoms with E-state index in [2.05, 4.69) is 31.2 Å². The van der Waals surface area contributed by atoms with Crippen molar-refractivity contribution in [3.05, 3.63) is 36.0 Å². The number of nitrogens with one attached hydrogen (secondary N) is 1. The molecule has 0 aliphatic rings. The lowest BCUT2D eigenvalue weighted by Crippen LogP contribution is -2.26. The van der Waals surface area contributed by atoms with Crippen LogP contribution in [0.4, 0.5) is 0 Å². The van der Waals surface area contributed by atoms with Crippen molar-refractivity contribution in [2.45, 2.75) is 40.0 Å². The SMILES string of the molecule is COc1cccc(-c2cc(CC(=O)NCCCC(C)(C)C)no2)c1. The van der Waals surface area contributed by atoms with Gasteiger partial charge in [-0.2, -0.15) is 0 Å². The molecule has 0 aliphatic heterocycles. The van der Waals surface area contributed by atoms with Crippen molar-refractivity contribution in [2.24, 2.45) is 5.41 Å². The van der Waals surface area contributed by atoms with E-state index in [0.29, 0.717) is 23.4 Å². The van der Waals surface area contributed by atoms with Gasteiger partial charge in [0.1, 0.15) is 5.75 Å². The number of methoxy groups -OCH3 is 1. The molecule has 1 amide bonds. The summed E-state index contributed by atoms with van der Waals surface area (Å²) in [5, 5.41) is 6.91. The highest BCUT2D eigenvalue weighted by Gasteiger charge is 2.12. The third-order valence-electron chi connectivity index (χ3n) is 3.68. The number of benzene rings is 1. The third kappa shape index (κ3) is 5.72. The molecule has 5 nitrogen and oxygen atoms in total. The summed E-state index contributed by atoms with van der Waals surface area (Å²) >= 11 is 0. The highest BCUT2D eigenvalue weighted by atomic mass is 16.5. The zero-order valence-electron chi connectivity index (χ0n) is 14.9. The van der Waals surface area contributed by atoms with E-state index in [0.717, 1.165) is 24.2 Å². The fourth-order valence-electron chi connectivity index (χ4n) is 2.38. The Bertz CT molecular complexity index is 671. The van der Waals surface area contributed by atoms with E-state index < -0.39 is 0 Å². The van der Waals surface area contributed by atoms with E-state index in [9.17, 15) is 4.79 Å². The predicted molar refractivity (Wildman–Crippen MR) is 93.9 cm³/mol. The summed E-state index contributed by atoms with van der Waals surface area (Å²) in [7, 11) is 1.62. The summed E-state index contributed by atoms with van der Waals surface area (Å²) in [4.78, 5) is 12.0. The lowest BCUT2D eigenvalue weighted by molar-refractivity contribution is -0.120. The number of hydrogen-bond donors (Lipinski definition) is 1. The average Bonchev–Trinajstić information content (AvgIpc) is 2.99. The van der Waals surface area contributed by atoms with Crippen molar-refractivity contribution in [2.75, 3.05) is 13.7 Å². The number of amides is 1. The number of ether oxygens (including phenoxy) is 1. The van der Waals surface area contributed by atoms with Gasteiger partial charge in [0.05, 0.1) is 19.2 Å². The van der Waals surface area contributed by atoms with Crippen molar-refractivity contribution >= 4 is 5.91 Å². The molecule has 2 rings (SSSR count). The minimum absolute atomic E-state index is 0.0330. The van der Waals surface area contributed by atoms with Gasteiger partial charge in [-0.05, 0) is 30.4 Å². The Balaban J connectivity index is 1.85. The maximum absolute atomic E-state index is 12.0. The van der Waals surface area contributed by atoms with Crippen LogP contribution in [0, 0.1) is 5.41 Å². The molecule has 24 heavy (non-hydrogen) atoms. The first-order chi connectivity index (χ1) is 11.4. The Hall–Kier alpha value is -2.30. The van der Waals surface area contributed by atoms with E-state index in [1.165, 1.54) is 0 Å². The first-order valence-electron chi connectivity index (χ1n) is 8.24. The van der Waals surface area contributed by atoms with Gasteiger partial charge in [0.25, 0.3) is 0 Å². The summed E-state index contributed by atoms with van der Waals surface area (Å²) in [6.07, 6.45) is 2.28. The van der Waals surface area contributed by atoms with E-state index in [1.54, 1.807) is 13.2 Å². The molecule has 1 N–H and O–H groups in total. The molecule has 0 radical (unpaired) electrons. The monoisotopic (exact) mass is 330 g/mol. The van der Waals surface area contributed by atoms with Gasteiger partial charge >= 0.3 is 0 Å². The predicted octanol–water partition coefficient (Wildman–Crippen LogP) is 3.84. The minimum Gasteiger partial charge on any atom is -0.497 e. The lowest BCUT2D eigenvalue weighted by Gasteiger charge is -2.17. The molecule has 2 aromatic rings. The number of carbonyl (C=O) groups is 1. The van der Waals surface area contributed by atoms with Crippen LogP contribution in [0.1, 0.15) is 39.3 Å². The Morgan fingerprint density at radius 3 is 2.79 bits per heavy atom. The van der Waals surface area contributed by atoms with Gasteiger partial charge in [-0.25, -0.2) is 0 Å². The minimum atomic E-state index is -0.0330. The second-order valence-corrected chi connectivity index (χ2v) is 7.11.